The van der Waals surface area contributed by atoms with Gasteiger partial charge in [-0.1, -0.05) is 36.4 Å². The van der Waals surface area contributed by atoms with E-state index in [0.29, 0.717) is 0 Å². The maximum atomic E-state index is 5.89. The molecule has 3 heteroatoms. The van der Waals surface area contributed by atoms with E-state index >= 15 is 0 Å². The molecule has 2 aromatic carbocycles. The Morgan fingerprint density at radius 3 is 1.41 bits per heavy atom. The molecule has 0 saturated heterocycles. The molecule has 0 spiro atoms. The van der Waals surface area contributed by atoms with Gasteiger partial charge in [-0.3, -0.25) is 0 Å². The van der Waals surface area contributed by atoms with Gasteiger partial charge in [-0.05, 0) is 89.5 Å². The van der Waals surface area contributed by atoms with Crippen molar-refractivity contribution >= 4 is 0 Å². The molecule has 160 valence electrons. The van der Waals surface area contributed by atoms with Gasteiger partial charge in [0.25, 0.3) is 0 Å². The lowest BCUT2D eigenvalue weighted by molar-refractivity contribution is 0.126. The van der Waals surface area contributed by atoms with E-state index in [1.54, 1.807) is 0 Å². The summed E-state index contributed by atoms with van der Waals surface area (Å²) in [5, 5.41) is 0. The fraction of sp³-hybridized carbons (Fsp3) is 0.538. The molecule has 0 radical (unpaired) electrons. The summed E-state index contributed by atoms with van der Waals surface area (Å²) in [5.74, 6) is 2.04. The van der Waals surface area contributed by atoms with Gasteiger partial charge in [0, 0.05) is 13.2 Å². The molecular weight excluding hydrogens is 360 g/mol. The third-order valence-electron chi connectivity index (χ3n) is 4.64. The highest BCUT2D eigenvalue weighted by atomic mass is 16.5. The number of hydrogen-bond donors (Lipinski definition) is 0. The maximum Gasteiger partial charge on any atom is 0.122 e. The van der Waals surface area contributed by atoms with Crippen LogP contribution in [-0.4, -0.2) is 25.4 Å². The molecule has 0 bridgehead atoms. The Kier molecular flexibility index (Phi) is 10.6. The first-order chi connectivity index (χ1) is 14.1. The van der Waals surface area contributed by atoms with Crippen molar-refractivity contribution in [2.45, 2.75) is 78.4 Å². The Morgan fingerprint density at radius 2 is 1.00 bits per heavy atom. The van der Waals surface area contributed by atoms with E-state index in [2.05, 4.69) is 64.1 Å². The van der Waals surface area contributed by atoms with Crippen LogP contribution in [0.3, 0.4) is 0 Å². The second-order valence-electron chi connectivity index (χ2n) is 8.08. The quantitative estimate of drug-likeness (QED) is 0.335. The van der Waals surface area contributed by atoms with Crippen LogP contribution in [0.15, 0.2) is 48.5 Å². The van der Waals surface area contributed by atoms with Gasteiger partial charge in [-0.15, -0.1) is 0 Å². The molecule has 0 fully saturated rings. The number of benzene rings is 2. The van der Waals surface area contributed by atoms with Crippen LogP contribution >= 0.6 is 0 Å². The van der Waals surface area contributed by atoms with Crippen LogP contribution in [-0.2, 0) is 17.6 Å². The molecule has 0 atom stereocenters. The Labute approximate surface area is 177 Å². The second-order valence-corrected chi connectivity index (χ2v) is 8.08. The van der Waals surface area contributed by atoms with Crippen molar-refractivity contribution in [2.24, 2.45) is 0 Å². The number of para-hydroxylation sites is 2. The molecular formula is C26H38O3. The van der Waals surface area contributed by atoms with Crippen molar-refractivity contribution in [2.75, 3.05) is 13.2 Å². The van der Waals surface area contributed by atoms with Crippen LogP contribution in [0.5, 0.6) is 11.5 Å². The molecule has 0 saturated carbocycles. The van der Waals surface area contributed by atoms with Crippen LogP contribution in [0.1, 0.15) is 64.5 Å². The largest absolute Gasteiger partial charge is 0.491 e. The monoisotopic (exact) mass is 398 g/mol. The zero-order valence-electron chi connectivity index (χ0n) is 18.7. The van der Waals surface area contributed by atoms with E-state index in [0.717, 1.165) is 63.2 Å². The van der Waals surface area contributed by atoms with Gasteiger partial charge in [0.05, 0.1) is 12.2 Å². The molecule has 0 heterocycles. The lowest BCUT2D eigenvalue weighted by atomic mass is 10.1. The predicted octanol–water partition coefficient (Wildman–Crippen LogP) is 6.62. The minimum atomic E-state index is 0.211. The molecule has 2 aromatic rings. The zero-order valence-corrected chi connectivity index (χ0v) is 18.7. The third kappa shape index (κ3) is 9.36. The molecule has 0 aliphatic carbocycles. The molecule has 0 amide bonds. The normalized spacial score (nSPS) is 11.2. The summed E-state index contributed by atoms with van der Waals surface area (Å²) in [4.78, 5) is 0. The summed E-state index contributed by atoms with van der Waals surface area (Å²) in [5.41, 5.74) is 2.59. The minimum Gasteiger partial charge on any atom is -0.491 e. The number of ether oxygens (including phenoxy) is 3. The molecule has 0 aliphatic heterocycles. The highest BCUT2D eigenvalue weighted by Gasteiger charge is 2.06. The van der Waals surface area contributed by atoms with Gasteiger partial charge in [0.1, 0.15) is 11.5 Å². The average Bonchev–Trinajstić information content (AvgIpc) is 2.68. The van der Waals surface area contributed by atoms with Crippen LogP contribution in [0.25, 0.3) is 0 Å². The van der Waals surface area contributed by atoms with Gasteiger partial charge < -0.3 is 14.2 Å². The summed E-state index contributed by atoms with van der Waals surface area (Å²) in [6, 6.07) is 16.7. The van der Waals surface area contributed by atoms with Gasteiger partial charge in [-0.25, -0.2) is 0 Å². The lowest BCUT2D eigenvalue weighted by Gasteiger charge is -2.14. The highest BCUT2D eigenvalue weighted by molar-refractivity contribution is 5.34. The maximum absolute atomic E-state index is 5.89. The summed E-state index contributed by atoms with van der Waals surface area (Å²) in [6.07, 6.45) is 6.92. The smallest absolute Gasteiger partial charge is 0.122 e. The SMILES string of the molecule is CC(C)Oc1ccccc1CCCCOCCCCc1ccccc1OC(C)C. The van der Waals surface area contributed by atoms with Crippen molar-refractivity contribution in [3.05, 3.63) is 59.7 Å². The van der Waals surface area contributed by atoms with Crippen LogP contribution in [0.2, 0.25) is 0 Å². The summed E-state index contributed by atoms with van der Waals surface area (Å²) in [7, 11) is 0. The molecule has 0 aromatic heterocycles. The van der Waals surface area contributed by atoms with E-state index in [1.807, 2.05) is 12.1 Å². The van der Waals surface area contributed by atoms with E-state index < -0.39 is 0 Å². The molecule has 0 aliphatic rings. The van der Waals surface area contributed by atoms with Crippen LogP contribution in [0.4, 0.5) is 0 Å². The molecule has 2 rings (SSSR count). The van der Waals surface area contributed by atoms with Crippen molar-refractivity contribution in [3.8, 4) is 11.5 Å². The van der Waals surface area contributed by atoms with Crippen molar-refractivity contribution in [1.82, 2.24) is 0 Å². The number of unbranched alkanes of at least 4 members (excludes halogenated alkanes) is 2. The second kappa shape index (κ2) is 13.3. The Hall–Kier alpha value is -2.00. The Balaban J connectivity index is 1.56. The van der Waals surface area contributed by atoms with E-state index in [-0.39, 0.29) is 12.2 Å². The van der Waals surface area contributed by atoms with E-state index in [4.69, 9.17) is 14.2 Å². The van der Waals surface area contributed by atoms with Gasteiger partial charge >= 0.3 is 0 Å². The fourth-order valence-corrected chi connectivity index (χ4v) is 3.30. The van der Waals surface area contributed by atoms with Crippen LogP contribution < -0.4 is 9.47 Å². The van der Waals surface area contributed by atoms with Gasteiger partial charge in [-0.2, -0.15) is 0 Å². The highest BCUT2D eigenvalue weighted by Crippen LogP contribution is 2.22. The Morgan fingerprint density at radius 1 is 0.586 bits per heavy atom. The van der Waals surface area contributed by atoms with Gasteiger partial charge in [0.2, 0.25) is 0 Å². The van der Waals surface area contributed by atoms with Gasteiger partial charge in [0.15, 0.2) is 0 Å². The van der Waals surface area contributed by atoms with E-state index in [9.17, 15) is 0 Å². The first-order valence-corrected chi connectivity index (χ1v) is 11.1. The van der Waals surface area contributed by atoms with Crippen molar-refractivity contribution < 1.29 is 14.2 Å². The number of aryl methyl sites for hydroxylation is 2. The van der Waals surface area contributed by atoms with Crippen LogP contribution in [0, 0.1) is 0 Å². The summed E-state index contributed by atoms with van der Waals surface area (Å²) in [6.45, 7) is 9.95. The summed E-state index contributed by atoms with van der Waals surface area (Å²) >= 11 is 0. The molecule has 0 unspecified atom stereocenters. The molecule has 3 nitrogen and oxygen atoms in total. The van der Waals surface area contributed by atoms with Crippen molar-refractivity contribution in [3.63, 3.8) is 0 Å². The average molecular weight is 399 g/mol. The third-order valence-corrected chi connectivity index (χ3v) is 4.64. The standard InChI is InChI=1S/C26H38O3/c1-21(2)28-25-17-7-5-13-23(25)15-9-11-19-27-20-12-10-16-24-14-6-8-18-26(24)29-22(3)4/h5-8,13-14,17-18,21-22H,9-12,15-16,19-20H2,1-4H3. The number of rotatable bonds is 14. The molecule has 0 N–H and O–H groups in total. The zero-order chi connectivity index (χ0) is 20.9. The predicted molar refractivity (Wildman–Crippen MR) is 121 cm³/mol. The first kappa shape index (κ1) is 23.3. The summed E-state index contributed by atoms with van der Waals surface area (Å²) < 4.78 is 17.6. The molecule has 29 heavy (non-hydrogen) atoms. The Bertz CT molecular complexity index is 634. The first-order valence-electron chi connectivity index (χ1n) is 11.1. The number of hydrogen-bond acceptors (Lipinski definition) is 3. The minimum absolute atomic E-state index is 0.211. The van der Waals surface area contributed by atoms with E-state index in [1.165, 1.54) is 11.1 Å². The fourth-order valence-electron chi connectivity index (χ4n) is 3.30. The topological polar surface area (TPSA) is 27.7 Å². The lowest BCUT2D eigenvalue weighted by Crippen LogP contribution is -2.07. The van der Waals surface area contributed by atoms with Crippen molar-refractivity contribution in [1.29, 1.82) is 0 Å².